The largest absolute Gasteiger partial charge is 0.508 e. The van der Waals surface area contributed by atoms with Crippen LogP contribution in [0, 0.1) is 0 Å². The molecule has 0 saturated heterocycles. The molecule has 1 aromatic carbocycles. The van der Waals surface area contributed by atoms with Crippen molar-refractivity contribution in [1.29, 1.82) is 0 Å². The van der Waals surface area contributed by atoms with Crippen LogP contribution >= 0.6 is 0 Å². The van der Waals surface area contributed by atoms with Gasteiger partial charge < -0.3 is 5.11 Å². The number of allylic oxidation sites excluding steroid dienone is 1. The Morgan fingerprint density at radius 1 is 1.50 bits per heavy atom. The minimum Gasteiger partial charge on any atom is -0.508 e. The summed E-state index contributed by atoms with van der Waals surface area (Å²) in [5.74, 6) is 0.635. The van der Waals surface area contributed by atoms with Crippen LogP contribution in [0.25, 0.3) is 0 Å². The molecule has 1 atom stereocenters. The molecule has 1 heteroatoms. The Labute approximate surface area is 73.4 Å². The average Bonchev–Trinajstić information content (AvgIpc) is 2.10. The van der Waals surface area contributed by atoms with Crippen molar-refractivity contribution in [3.63, 3.8) is 0 Å². The molecule has 0 radical (unpaired) electrons. The molecule has 12 heavy (non-hydrogen) atoms. The highest BCUT2D eigenvalue weighted by Gasteiger charge is 2.07. The standard InChI is InChI=1S/C11H14O/c1-3-9(4-2)10-7-5-6-8-11(10)12/h3,5-9,12H,1,4H2,2H3. The predicted octanol–water partition coefficient (Wildman–Crippen LogP) is 3.07. The van der Waals surface area contributed by atoms with Crippen molar-refractivity contribution in [2.45, 2.75) is 19.3 Å². The molecule has 0 aliphatic carbocycles. The van der Waals surface area contributed by atoms with Crippen LogP contribution < -0.4 is 0 Å². The summed E-state index contributed by atoms with van der Waals surface area (Å²) in [5, 5.41) is 9.50. The number of aromatic hydroxyl groups is 1. The summed E-state index contributed by atoms with van der Waals surface area (Å²) in [4.78, 5) is 0. The maximum absolute atomic E-state index is 9.50. The van der Waals surface area contributed by atoms with Gasteiger partial charge in [-0.25, -0.2) is 0 Å². The van der Waals surface area contributed by atoms with Crippen LogP contribution in [0.4, 0.5) is 0 Å². The minimum atomic E-state index is 0.270. The lowest BCUT2D eigenvalue weighted by Crippen LogP contribution is -1.92. The van der Waals surface area contributed by atoms with Crippen molar-refractivity contribution < 1.29 is 5.11 Å². The molecule has 1 aromatic rings. The highest BCUT2D eigenvalue weighted by molar-refractivity contribution is 5.36. The number of phenolic OH excluding ortho intramolecular Hbond substituents is 1. The third-order valence-electron chi connectivity index (χ3n) is 2.06. The lowest BCUT2D eigenvalue weighted by Gasteiger charge is -2.11. The van der Waals surface area contributed by atoms with Gasteiger partial charge in [0.1, 0.15) is 5.75 Å². The van der Waals surface area contributed by atoms with Crippen LogP contribution in [0.3, 0.4) is 0 Å². The average molecular weight is 162 g/mol. The summed E-state index contributed by atoms with van der Waals surface area (Å²) in [6.07, 6.45) is 2.84. The van der Waals surface area contributed by atoms with Gasteiger partial charge in [-0.2, -0.15) is 0 Å². The molecule has 0 aromatic heterocycles. The first kappa shape index (κ1) is 8.85. The lowest BCUT2D eigenvalue weighted by molar-refractivity contribution is 0.464. The second-order valence-electron chi connectivity index (χ2n) is 2.81. The van der Waals surface area contributed by atoms with E-state index in [1.54, 1.807) is 6.07 Å². The third kappa shape index (κ3) is 1.67. The fourth-order valence-corrected chi connectivity index (χ4v) is 1.31. The molecule has 1 nitrogen and oxygen atoms in total. The van der Waals surface area contributed by atoms with Crippen molar-refractivity contribution in [3.8, 4) is 5.75 Å². The summed E-state index contributed by atoms with van der Waals surface area (Å²) in [6, 6.07) is 7.41. The molecular formula is C11H14O. The maximum Gasteiger partial charge on any atom is 0.119 e. The zero-order valence-electron chi connectivity index (χ0n) is 7.33. The van der Waals surface area contributed by atoms with Gasteiger partial charge in [-0.05, 0) is 12.5 Å². The van der Waals surface area contributed by atoms with Crippen molar-refractivity contribution in [1.82, 2.24) is 0 Å². The molecule has 0 fully saturated rings. The fraction of sp³-hybridized carbons (Fsp3) is 0.273. The van der Waals surface area contributed by atoms with E-state index in [9.17, 15) is 5.11 Å². The normalized spacial score (nSPS) is 12.4. The molecular weight excluding hydrogens is 148 g/mol. The third-order valence-corrected chi connectivity index (χ3v) is 2.06. The van der Waals surface area contributed by atoms with Crippen LogP contribution in [0.15, 0.2) is 36.9 Å². The quantitative estimate of drug-likeness (QED) is 0.677. The van der Waals surface area contributed by atoms with Crippen molar-refractivity contribution >= 4 is 0 Å². The van der Waals surface area contributed by atoms with Crippen LogP contribution in [0.2, 0.25) is 0 Å². The smallest absolute Gasteiger partial charge is 0.119 e. The Morgan fingerprint density at radius 2 is 2.17 bits per heavy atom. The number of phenols is 1. The molecule has 0 saturated carbocycles. The van der Waals surface area contributed by atoms with Gasteiger partial charge in [0.05, 0.1) is 0 Å². The highest BCUT2D eigenvalue weighted by Crippen LogP contribution is 2.28. The van der Waals surface area contributed by atoms with Crippen LogP contribution in [-0.4, -0.2) is 5.11 Å². The molecule has 0 amide bonds. The van der Waals surface area contributed by atoms with E-state index < -0.39 is 0 Å². The summed E-state index contributed by atoms with van der Waals surface area (Å²) in [5.41, 5.74) is 0.968. The lowest BCUT2D eigenvalue weighted by atomic mass is 9.96. The Kier molecular flexibility index (Phi) is 2.92. The summed E-state index contributed by atoms with van der Waals surface area (Å²) >= 11 is 0. The summed E-state index contributed by atoms with van der Waals surface area (Å²) in [7, 11) is 0. The zero-order valence-corrected chi connectivity index (χ0v) is 7.33. The van der Waals surface area contributed by atoms with Gasteiger partial charge in [0.15, 0.2) is 0 Å². The number of para-hydroxylation sites is 1. The molecule has 0 spiro atoms. The Morgan fingerprint density at radius 3 is 2.67 bits per heavy atom. The topological polar surface area (TPSA) is 20.2 Å². The molecule has 0 aliphatic heterocycles. The van der Waals surface area contributed by atoms with Gasteiger partial charge in [-0.15, -0.1) is 6.58 Å². The SMILES string of the molecule is C=CC(CC)c1ccccc1O. The van der Waals surface area contributed by atoms with Gasteiger partial charge >= 0.3 is 0 Å². The molecule has 1 N–H and O–H groups in total. The van der Waals surface area contributed by atoms with Gasteiger partial charge in [0.25, 0.3) is 0 Å². The zero-order chi connectivity index (χ0) is 8.97. The van der Waals surface area contributed by atoms with Gasteiger partial charge in [0, 0.05) is 11.5 Å². The second kappa shape index (κ2) is 3.96. The van der Waals surface area contributed by atoms with Gasteiger partial charge in [0.2, 0.25) is 0 Å². The first-order valence-electron chi connectivity index (χ1n) is 4.20. The number of rotatable bonds is 3. The second-order valence-corrected chi connectivity index (χ2v) is 2.81. The van der Waals surface area contributed by atoms with E-state index in [0.717, 1.165) is 12.0 Å². The summed E-state index contributed by atoms with van der Waals surface area (Å²) < 4.78 is 0. The van der Waals surface area contributed by atoms with E-state index in [-0.39, 0.29) is 5.92 Å². The monoisotopic (exact) mass is 162 g/mol. The van der Waals surface area contributed by atoms with E-state index in [1.807, 2.05) is 24.3 Å². The highest BCUT2D eigenvalue weighted by atomic mass is 16.3. The molecule has 1 unspecified atom stereocenters. The predicted molar refractivity (Wildman–Crippen MR) is 51.3 cm³/mol. The first-order valence-corrected chi connectivity index (χ1v) is 4.20. The molecule has 0 bridgehead atoms. The van der Waals surface area contributed by atoms with E-state index in [4.69, 9.17) is 0 Å². The summed E-state index contributed by atoms with van der Waals surface area (Å²) in [6.45, 7) is 5.82. The molecule has 64 valence electrons. The van der Waals surface area contributed by atoms with E-state index in [0.29, 0.717) is 5.75 Å². The molecule has 0 aliphatic rings. The number of hydrogen-bond acceptors (Lipinski definition) is 1. The van der Waals surface area contributed by atoms with Crippen LogP contribution in [0.1, 0.15) is 24.8 Å². The van der Waals surface area contributed by atoms with Crippen molar-refractivity contribution in [3.05, 3.63) is 42.5 Å². The van der Waals surface area contributed by atoms with Gasteiger partial charge in [-0.3, -0.25) is 0 Å². The van der Waals surface area contributed by atoms with E-state index in [2.05, 4.69) is 13.5 Å². The number of benzene rings is 1. The Bertz CT molecular complexity index is 265. The van der Waals surface area contributed by atoms with E-state index >= 15 is 0 Å². The molecule has 0 heterocycles. The Balaban J connectivity index is 3.00. The van der Waals surface area contributed by atoms with Gasteiger partial charge in [-0.1, -0.05) is 31.2 Å². The fourth-order valence-electron chi connectivity index (χ4n) is 1.31. The van der Waals surface area contributed by atoms with Crippen LogP contribution in [-0.2, 0) is 0 Å². The van der Waals surface area contributed by atoms with E-state index in [1.165, 1.54) is 0 Å². The Hall–Kier alpha value is -1.24. The maximum atomic E-state index is 9.50. The van der Waals surface area contributed by atoms with Crippen molar-refractivity contribution in [2.75, 3.05) is 0 Å². The minimum absolute atomic E-state index is 0.270. The van der Waals surface area contributed by atoms with Crippen molar-refractivity contribution in [2.24, 2.45) is 0 Å². The van der Waals surface area contributed by atoms with Crippen LogP contribution in [0.5, 0.6) is 5.75 Å². The number of hydrogen-bond donors (Lipinski definition) is 1. The first-order chi connectivity index (χ1) is 5.79. The molecule has 1 rings (SSSR count).